The fourth-order valence-electron chi connectivity index (χ4n) is 3.28. The van der Waals surface area contributed by atoms with Crippen LogP contribution in [0, 0.1) is 23.7 Å². The van der Waals surface area contributed by atoms with E-state index in [0.29, 0.717) is 0 Å². The smallest absolute Gasteiger partial charge is 0.107 e. The molecule has 1 fully saturated rings. The molecule has 3 heteroatoms. The van der Waals surface area contributed by atoms with Gasteiger partial charge in [0, 0.05) is 22.8 Å². The van der Waals surface area contributed by atoms with Gasteiger partial charge in [0.1, 0.15) is 6.17 Å². The van der Waals surface area contributed by atoms with E-state index in [1.54, 1.807) is 11.3 Å². The molecule has 1 N–H and O–H groups in total. The van der Waals surface area contributed by atoms with Gasteiger partial charge in [-0.15, -0.1) is 11.3 Å². The number of halogens is 1. The van der Waals surface area contributed by atoms with Gasteiger partial charge >= 0.3 is 0 Å². The maximum atomic E-state index is 14.3. The SMILES string of the molecule is O[C@@H]1C[C@@H](F)[C@H](CCCc2cccs2)[C@H]1C#Cc1ccccc1. The molecule has 0 spiro atoms. The van der Waals surface area contributed by atoms with E-state index in [-0.39, 0.29) is 18.3 Å². The molecule has 0 bridgehead atoms. The van der Waals surface area contributed by atoms with Crippen LogP contribution in [0.2, 0.25) is 0 Å². The Morgan fingerprint density at radius 1 is 1.17 bits per heavy atom. The van der Waals surface area contributed by atoms with Crippen molar-refractivity contribution in [3.8, 4) is 11.8 Å². The number of benzene rings is 1. The Morgan fingerprint density at radius 3 is 2.74 bits per heavy atom. The van der Waals surface area contributed by atoms with Gasteiger partial charge in [0.05, 0.1) is 12.0 Å². The summed E-state index contributed by atoms with van der Waals surface area (Å²) in [5, 5.41) is 12.2. The highest BCUT2D eigenvalue weighted by Gasteiger charge is 2.41. The standard InChI is InChI=1S/C20H21FOS/c21-19-14-20(22)18(12-11-15-6-2-1-3-7-15)17(19)10-4-8-16-9-5-13-23-16/h1-3,5-7,9,13,17-20,22H,4,8,10,14H2/t17-,18-,19-,20-/m1/s1. The molecule has 1 aliphatic carbocycles. The van der Waals surface area contributed by atoms with Crippen LogP contribution in [0.5, 0.6) is 0 Å². The highest BCUT2D eigenvalue weighted by atomic mass is 32.1. The van der Waals surface area contributed by atoms with Crippen LogP contribution in [0.25, 0.3) is 0 Å². The molecule has 1 aromatic heterocycles. The average Bonchev–Trinajstić information content (AvgIpc) is 3.16. The summed E-state index contributed by atoms with van der Waals surface area (Å²) in [5.41, 5.74) is 0.916. The summed E-state index contributed by atoms with van der Waals surface area (Å²) in [4.78, 5) is 1.34. The number of aryl methyl sites for hydroxylation is 1. The van der Waals surface area contributed by atoms with E-state index in [4.69, 9.17) is 0 Å². The first-order valence-electron chi connectivity index (χ1n) is 8.15. The third-order valence-electron chi connectivity index (χ3n) is 4.50. The van der Waals surface area contributed by atoms with Crippen molar-refractivity contribution in [1.82, 2.24) is 0 Å². The number of aliphatic hydroxyl groups is 1. The zero-order valence-electron chi connectivity index (χ0n) is 13.0. The second-order valence-electron chi connectivity index (χ2n) is 6.12. The zero-order chi connectivity index (χ0) is 16.1. The van der Waals surface area contributed by atoms with E-state index in [2.05, 4.69) is 23.3 Å². The zero-order valence-corrected chi connectivity index (χ0v) is 13.8. The first-order chi connectivity index (χ1) is 11.2. The van der Waals surface area contributed by atoms with Crippen LogP contribution in [-0.2, 0) is 6.42 Å². The molecule has 4 atom stereocenters. The Kier molecular flexibility index (Phi) is 5.48. The molecule has 2 aromatic rings. The van der Waals surface area contributed by atoms with E-state index in [1.165, 1.54) is 4.88 Å². The molecule has 0 radical (unpaired) electrons. The molecule has 0 saturated heterocycles. The Balaban J connectivity index is 1.63. The van der Waals surface area contributed by atoms with Gasteiger partial charge in [-0.05, 0) is 42.8 Å². The summed E-state index contributed by atoms with van der Waals surface area (Å²) >= 11 is 1.74. The average molecular weight is 328 g/mol. The normalized spacial score (nSPS) is 26.7. The lowest BCUT2D eigenvalue weighted by atomic mass is 9.89. The van der Waals surface area contributed by atoms with Gasteiger partial charge in [-0.1, -0.05) is 36.1 Å². The van der Waals surface area contributed by atoms with Crippen LogP contribution >= 0.6 is 11.3 Å². The van der Waals surface area contributed by atoms with Crippen molar-refractivity contribution in [3.05, 3.63) is 58.3 Å². The first kappa shape index (κ1) is 16.2. The van der Waals surface area contributed by atoms with Crippen molar-refractivity contribution in [2.24, 2.45) is 11.8 Å². The van der Waals surface area contributed by atoms with E-state index >= 15 is 0 Å². The molecular formula is C20H21FOS. The molecule has 1 aromatic carbocycles. The largest absolute Gasteiger partial charge is 0.392 e. The highest BCUT2D eigenvalue weighted by molar-refractivity contribution is 7.09. The van der Waals surface area contributed by atoms with Crippen molar-refractivity contribution in [2.75, 3.05) is 0 Å². The molecule has 0 aliphatic heterocycles. The van der Waals surface area contributed by atoms with Gasteiger partial charge in [0.25, 0.3) is 0 Å². The van der Waals surface area contributed by atoms with Gasteiger partial charge in [-0.3, -0.25) is 0 Å². The quantitative estimate of drug-likeness (QED) is 0.822. The lowest BCUT2D eigenvalue weighted by Gasteiger charge is -2.17. The second-order valence-corrected chi connectivity index (χ2v) is 7.15. The molecule has 3 rings (SSSR count). The van der Waals surface area contributed by atoms with E-state index in [1.807, 2.05) is 36.4 Å². The molecule has 0 amide bonds. The highest BCUT2D eigenvalue weighted by Crippen LogP contribution is 2.37. The number of aliphatic hydroxyl groups excluding tert-OH is 1. The Morgan fingerprint density at radius 2 is 2.00 bits per heavy atom. The van der Waals surface area contributed by atoms with Gasteiger partial charge < -0.3 is 5.11 Å². The summed E-state index contributed by atoms with van der Waals surface area (Å²) < 4.78 is 14.3. The Labute approximate surface area is 141 Å². The summed E-state index contributed by atoms with van der Waals surface area (Å²) in [6, 6.07) is 13.9. The number of hydrogen-bond acceptors (Lipinski definition) is 2. The lowest BCUT2D eigenvalue weighted by molar-refractivity contribution is 0.144. The molecule has 1 saturated carbocycles. The van der Waals surface area contributed by atoms with Crippen molar-refractivity contribution < 1.29 is 9.50 Å². The third-order valence-corrected chi connectivity index (χ3v) is 5.44. The molecule has 23 heavy (non-hydrogen) atoms. The van der Waals surface area contributed by atoms with Crippen molar-refractivity contribution >= 4 is 11.3 Å². The third kappa shape index (κ3) is 4.22. The van der Waals surface area contributed by atoms with Crippen LogP contribution in [0.4, 0.5) is 4.39 Å². The lowest BCUT2D eigenvalue weighted by Crippen LogP contribution is -2.19. The van der Waals surface area contributed by atoms with Crippen molar-refractivity contribution in [1.29, 1.82) is 0 Å². The number of alkyl halides is 1. The maximum absolute atomic E-state index is 14.3. The predicted octanol–water partition coefficient (Wildman–Crippen LogP) is 4.46. The fourth-order valence-corrected chi connectivity index (χ4v) is 4.03. The monoisotopic (exact) mass is 328 g/mol. The fraction of sp³-hybridized carbons (Fsp3) is 0.400. The Hall–Kier alpha value is -1.63. The minimum Gasteiger partial charge on any atom is -0.392 e. The summed E-state index contributed by atoms with van der Waals surface area (Å²) in [6.45, 7) is 0. The van der Waals surface area contributed by atoms with Gasteiger partial charge in [0.2, 0.25) is 0 Å². The second kappa shape index (κ2) is 7.77. The number of thiophene rings is 1. The first-order valence-corrected chi connectivity index (χ1v) is 9.03. The predicted molar refractivity (Wildman–Crippen MR) is 93.1 cm³/mol. The molecule has 1 nitrogen and oxygen atoms in total. The molecular weight excluding hydrogens is 307 g/mol. The van der Waals surface area contributed by atoms with Gasteiger partial charge in [-0.2, -0.15) is 0 Å². The van der Waals surface area contributed by atoms with E-state index in [0.717, 1.165) is 24.8 Å². The van der Waals surface area contributed by atoms with Crippen LogP contribution in [0.15, 0.2) is 47.8 Å². The minimum absolute atomic E-state index is 0.152. The topological polar surface area (TPSA) is 20.2 Å². The summed E-state index contributed by atoms with van der Waals surface area (Å²) in [5.74, 6) is 5.82. The van der Waals surface area contributed by atoms with E-state index < -0.39 is 12.3 Å². The van der Waals surface area contributed by atoms with Crippen LogP contribution in [0.1, 0.15) is 29.7 Å². The van der Waals surface area contributed by atoms with Crippen molar-refractivity contribution in [3.63, 3.8) is 0 Å². The van der Waals surface area contributed by atoms with Crippen LogP contribution in [0.3, 0.4) is 0 Å². The molecule has 120 valence electrons. The summed E-state index contributed by atoms with van der Waals surface area (Å²) in [6.07, 6.45) is 1.34. The number of hydrogen-bond donors (Lipinski definition) is 1. The molecule has 1 aliphatic rings. The Bertz CT molecular complexity index is 656. The van der Waals surface area contributed by atoms with Gasteiger partial charge in [0.15, 0.2) is 0 Å². The van der Waals surface area contributed by atoms with Crippen molar-refractivity contribution in [2.45, 2.75) is 38.0 Å². The summed E-state index contributed by atoms with van der Waals surface area (Å²) in [7, 11) is 0. The molecule has 0 unspecified atom stereocenters. The van der Waals surface area contributed by atoms with Crippen LogP contribution in [-0.4, -0.2) is 17.4 Å². The van der Waals surface area contributed by atoms with E-state index in [9.17, 15) is 9.50 Å². The molecule has 1 heterocycles. The van der Waals surface area contributed by atoms with Crippen LogP contribution < -0.4 is 0 Å². The van der Waals surface area contributed by atoms with Gasteiger partial charge in [-0.25, -0.2) is 4.39 Å². The number of rotatable bonds is 4. The minimum atomic E-state index is -0.941. The maximum Gasteiger partial charge on any atom is 0.107 e.